The van der Waals surface area contributed by atoms with Crippen LogP contribution >= 0.6 is 0 Å². The molecule has 4 heterocycles. The van der Waals surface area contributed by atoms with Crippen molar-refractivity contribution in [1.29, 1.82) is 0 Å². The largest absolute Gasteiger partial charge is 0.453 e. The molecule has 0 spiro atoms. The molecule has 1 amide bonds. The van der Waals surface area contributed by atoms with Crippen molar-refractivity contribution in [2.75, 3.05) is 37.7 Å². The lowest BCUT2D eigenvalue weighted by atomic mass is 10.3. The van der Waals surface area contributed by atoms with Crippen LogP contribution in [0.3, 0.4) is 0 Å². The number of carbonyl (C=O) groups is 1. The van der Waals surface area contributed by atoms with Crippen LogP contribution < -0.4 is 9.64 Å². The molecule has 10 nitrogen and oxygen atoms in total. The fourth-order valence-electron chi connectivity index (χ4n) is 2.91. The lowest BCUT2D eigenvalue weighted by Crippen LogP contribution is -2.50. The van der Waals surface area contributed by atoms with E-state index in [0.717, 1.165) is 11.5 Å². The number of anilines is 1. The lowest BCUT2D eigenvalue weighted by Gasteiger charge is -2.35. The number of nitrogens with zero attached hydrogens (tertiary/aromatic N) is 8. The van der Waals surface area contributed by atoms with Gasteiger partial charge in [-0.05, 0) is 31.2 Å². The van der Waals surface area contributed by atoms with Gasteiger partial charge in [0.15, 0.2) is 18.2 Å². The van der Waals surface area contributed by atoms with Crippen LogP contribution in [0.15, 0.2) is 42.9 Å². The summed E-state index contributed by atoms with van der Waals surface area (Å²) in [5, 5.41) is 12.9. The van der Waals surface area contributed by atoms with Crippen molar-refractivity contribution in [3.05, 3.63) is 48.5 Å². The molecule has 3 aromatic rings. The molecule has 0 aromatic carbocycles. The Labute approximate surface area is 161 Å². The Balaban J connectivity index is 1.29. The molecule has 10 heteroatoms. The molecule has 0 unspecified atom stereocenters. The van der Waals surface area contributed by atoms with E-state index >= 15 is 0 Å². The maximum atomic E-state index is 12.3. The minimum atomic E-state index is -0.0809. The molecular weight excluding hydrogens is 360 g/mol. The van der Waals surface area contributed by atoms with Gasteiger partial charge in [-0.25, -0.2) is 14.6 Å². The number of piperazine rings is 1. The monoisotopic (exact) mass is 380 g/mol. The summed E-state index contributed by atoms with van der Waals surface area (Å²) in [6, 6.07) is 7.63. The van der Waals surface area contributed by atoms with Crippen LogP contribution in [-0.4, -0.2) is 73.5 Å². The van der Waals surface area contributed by atoms with Crippen LogP contribution in [0.4, 0.5) is 5.82 Å². The van der Waals surface area contributed by atoms with Gasteiger partial charge in [-0.15, -0.1) is 10.2 Å². The van der Waals surface area contributed by atoms with Crippen molar-refractivity contribution < 1.29 is 9.53 Å². The van der Waals surface area contributed by atoms with E-state index < -0.39 is 0 Å². The van der Waals surface area contributed by atoms with Crippen LogP contribution in [0.2, 0.25) is 0 Å². The summed E-state index contributed by atoms with van der Waals surface area (Å²) >= 11 is 0. The highest BCUT2D eigenvalue weighted by Gasteiger charge is 2.22. The number of aryl methyl sites for hydroxylation is 1. The fraction of sp³-hybridized carbons (Fsp3) is 0.333. The van der Waals surface area contributed by atoms with Gasteiger partial charge in [0.05, 0.1) is 5.69 Å². The number of ether oxygens (including phenoxy) is 1. The molecule has 1 aliphatic heterocycles. The number of carbonyl (C=O) groups excluding carboxylic acids is 1. The van der Waals surface area contributed by atoms with E-state index in [-0.39, 0.29) is 18.5 Å². The molecule has 0 bridgehead atoms. The van der Waals surface area contributed by atoms with Crippen LogP contribution in [0.25, 0.3) is 5.82 Å². The Morgan fingerprint density at radius 2 is 1.75 bits per heavy atom. The summed E-state index contributed by atoms with van der Waals surface area (Å²) in [5.41, 5.74) is 0.925. The van der Waals surface area contributed by atoms with Crippen molar-refractivity contribution in [2.24, 2.45) is 0 Å². The van der Waals surface area contributed by atoms with Gasteiger partial charge < -0.3 is 14.5 Å². The van der Waals surface area contributed by atoms with Crippen molar-refractivity contribution >= 4 is 11.7 Å². The molecule has 0 radical (unpaired) electrons. The van der Waals surface area contributed by atoms with E-state index in [1.165, 1.54) is 0 Å². The summed E-state index contributed by atoms with van der Waals surface area (Å²) in [5.74, 6) is 1.38. The summed E-state index contributed by atoms with van der Waals surface area (Å²) in [6.45, 7) is 4.42. The van der Waals surface area contributed by atoms with E-state index in [2.05, 4.69) is 30.2 Å². The number of rotatable bonds is 5. The van der Waals surface area contributed by atoms with Gasteiger partial charge in [0.25, 0.3) is 5.91 Å². The minimum absolute atomic E-state index is 0.0677. The zero-order chi connectivity index (χ0) is 19.3. The molecular formula is C18H20N8O2. The van der Waals surface area contributed by atoms with Gasteiger partial charge in [-0.3, -0.25) is 4.79 Å². The highest BCUT2D eigenvalue weighted by molar-refractivity contribution is 5.78. The third-order valence-corrected chi connectivity index (χ3v) is 4.42. The van der Waals surface area contributed by atoms with Crippen molar-refractivity contribution in [1.82, 2.24) is 34.8 Å². The smallest absolute Gasteiger partial charge is 0.316 e. The maximum absolute atomic E-state index is 12.3. The van der Waals surface area contributed by atoms with Gasteiger partial charge in [-0.1, -0.05) is 0 Å². The van der Waals surface area contributed by atoms with Crippen LogP contribution in [0.1, 0.15) is 5.69 Å². The number of hydrogen-bond donors (Lipinski definition) is 0. The molecule has 28 heavy (non-hydrogen) atoms. The van der Waals surface area contributed by atoms with Crippen LogP contribution in [0, 0.1) is 6.92 Å². The summed E-state index contributed by atoms with van der Waals surface area (Å²) in [7, 11) is 0. The Morgan fingerprint density at radius 1 is 1.04 bits per heavy atom. The number of aromatic nitrogens is 6. The molecule has 3 aromatic heterocycles. The van der Waals surface area contributed by atoms with Gasteiger partial charge in [0.1, 0.15) is 0 Å². The van der Waals surface area contributed by atoms with Crippen molar-refractivity contribution in [3.8, 4) is 11.8 Å². The predicted molar refractivity (Wildman–Crippen MR) is 100 cm³/mol. The van der Waals surface area contributed by atoms with Crippen molar-refractivity contribution in [2.45, 2.75) is 6.92 Å². The van der Waals surface area contributed by atoms with Crippen LogP contribution in [-0.2, 0) is 4.79 Å². The molecule has 0 aliphatic carbocycles. The van der Waals surface area contributed by atoms with Crippen molar-refractivity contribution in [3.63, 3.8) is 0 Å². The molecule has 4 rings (SSSR count). The molecule has 1 aliphatic rings. The normalized spacial score (nSPS) is 14.2. The zero-order valence-electron chi connectivity index (χ0n) is 15.5. The average molecular weight is 380 g/mol. The predicted octanol–water partition coefficient (Wildman–Crippen LogP) is 0.488. The SMILES string of the molecule is Cc1ccn(-c2ccc(N3CCN(C(=O)COc4ncccn4)CC3)nn2)n1. The molecule has 0 saturated carbocycles. The second kappa shape index (κ2) is 7.99. The highest BCUT2D eigenvalue weighted by atomic mass is 16.5. The number of hydrogen-bond acceptors (Lipinski definition) is 8. The third-order valence-electron chi connectivity index (χ3n) is 4.42. The molecule has 1 saturated heterocycles. The lowest BCUT2D eigenvalue weighted by molar-refractivity contribution is -0.133. The molecule has 144 valence electrons. The molecule has 0 N–H and O–H groups in total. The van der Waals surface area contributed by atoms with E-state index in [0.29, 0.717) is 32.0 Å². The summed E-state index contributed by atoms with van der Waals surface area (Å²) < 4.78 is 7.03. The average Bonchev–Trinajstić information content (AvgIpc) is 3.19. The molecule has 1 fully saturated rings. The Morgan fingerprint density at radius 3 is 2.39 bits per heavy atom. The highest BCUT2D eigenvalue weighted by Crippen LogP contribution is 2.14. The Bertz CT molecular complexity index is 920. The standard InChI is InChI=1S/C18H20N8O2/c1-14-5-8-26(23-14)16-4-3-15(21-22-16)24-9-11-25(12-10-24)17(27)13-28-18-19-6-2-7-20-18/h2-8H,9-13H2,1H3. The van der Waals surface area contributed by atoms with Gasteiger partial charge in [0, 0.05) is 44.8 Å². The third kappa shape index (κ3) is 4.05. The Kier molecular flexibility index (Phi) is 5.09. The second-order valence-electron chi connectivity index (χ2n) is 6.34. The second-order valence-corrected chi connectivity index (χ2v) is 6.34. The van der Waals surface area contributed by atoms with E-state index in [1.54, 1.807) is 28.0 Å². The fourth-order valence-corrected chi connectivity index (χ4v) is 2.91. The summed E-state index contributed by atoms with van der Waals surface area (Å²) in [6.07, 6.45) is 5.00. The van der Waals surface area contributed by atoms with E-state index in [9.17, 15) is 4.79 Å². The first-order valence-corrected chi connectivity index (χ1v) is 8.98. The minimum Gasteiger partial charge on any atom is -0.453 e. The topological polar surface area (TPSA) is 102 Å². The first-order chi connectivity index (χ1) is 13.7. The van der Waals surface area contributed by atoms with Gasteiger partial charge in [-0.2, -0.15) is 5.10 Å². The van der Waals surface area contributed by atoms with Crippen LogP contribution in [0.5, 0.6) is 6.01 Å². The van der Waals surface area contributed by atoms with E-state index in [1.807, 2.05) is 31.3 Å². The van der Waals surface area contributed by atoms with Gasteiger partial charge in [0.2, 0.25) is 0 Å². The first-order valence-electron chi connectivity index (χ1n) is 8.98. The number of amides is 1. The summed E-state index contributed by atoms with van der Waals surface area (Å²) in [4.78, 5) is 24.1. The first kappa shape index (κ1) is 17.8. The van der Waals surface area contributed by atoms with E-state index in [4.69, 9.17) is 4.74 Å². The quantitative estimate of drug-likeness (QED) is 0.630. The molecule has 0 atom stereocenters. The van der Waals surface area contributed by atoms with Gasteiger partial charge >= 0.3 is 6.01 Å². The maximum Gasteiger partial charge on any atom is 0.316 e. The Hall–Kier alpha value is -3.56. The zero-order valence-corrected chi connectivity index (χ0v) is 15.5.